The summed E-state index contributed by atoms with van der Waals surface area (Å²) in [6.07, 6.45) is 3.62. The zero-order chi connectivity index (χ0) is 28.0. The fraction of sp³-hybridized carbons (Fsp3) is 0.333. The number of pyridine rings is 1. The molecule has 1 fully saturated rings. The van der Waals surface area contributed by atoms with Gasteiger partial charge < -0.3 is 19.5 Å². The quantitative estimate of drug-likeness (QED) is 0.276. The minimum absolute atomic E-state index is 0.0454. The monoisotopic (exact) mass is 553 g/mol. The molecule has 6 nitrogen and oxygen atoms in total. The third-order valence-corrected chi connectivity index (χ3v) is 7.21. The van der Waals surface area contributed by atoms with Gasteiger partial charge in [-0.05, 0) is 49.2 Å². The number of alkyl halides is 2. The average molecular weight is 554 g/mol. The first-order valence-corrected chi connectivity index (χ1v) is 13.4. The van der Waals surface area contributed by atoms with E-state index in [1.54, 1.807) is 12.1 Å². The molecule has 0 aliphatic carbocycles. The summed E-state index contributed by atoms with van der Waals surface area (Å²) in [5.74, 6) is -2.80. The Balaban J connectivity index is 0.000000226. The molecule has 0 bridgehead atoms. The smallest absolute Gasteiger partial charge is 0.270 e. The number of nitrogens with one attached hydrogen (secondary N) is 1. The number of fused-ring (bicyclic) bond motifs is 1. The number of anilines is 2. The number of nitrogens with zero attached hydrogens (tertiary/aromatic N) is 4. The topological polar surface area (TPSA) is 52.9 Å². The second kappa shape index (κ2) is 12.5. The molecule has 0 radical (unpaired) electrons. The maximum Gasteiger partial charge on any atom is 0.270 e. The van der Waals surface area contributed by atoms with E-state index >= 15 is 0 Å². The van der Waals surface area contributed by atoms with Gasteiger partial charge in [0.2, 0.25) is 6.41 Å². The van der Waals surface area contributed by atoms with E-state index in [0.29, 0.717) is 13.0 Å². The molecular weight excluding hydrogens is 520 g/mol. The minimum atomic E-state index is -2.80. The highest BCUT2D eigenvalue weighted by atomic mass is 35.5. The summed E-state index contributed by atoms with van der Waals surface area (Å²) in [5.41, 5.74) is 6.52. The number of hydrogen-bond donors (Lipinski definition) is 1. The highest BCUT2D eigenvalue weighted by molar-refractivity contribution is 6.30. The van der Waals surface area contributed by atoms with Gasteiger partial charge in [-0.2, -0.15) is 0 Å². The Bertz CT molecular complexity index is 1380. The lowest BCUT2D eigenvalue weighted by Crippen LogP contribution is -2.46. The fourth-order valence-electron chi connectivity index (χ4n) is 4.70. The summed E-state index contributed by atoms with van der Waals surface area (Å²) in [4.78, 5) is 19.3. The lowest BCUT2D eigenvalue weighted by molar-refractivity contribution is -0.109. The number of hydrogen-bond acceptors (Lipinski definition) is 4. The van der Waals surface area contributed by atoms with Crippen LogP contribution in [0.5, 0.6) is 0 Å². The molecule has 1 saturated heterocycles. The summed E-state index contributed by atoms with van der Waals surface area (Å²) in [5, 5.41) is 3.39. The normalized spacial score (nSPS) is 13.7. The zero-order valence-corrected chi connectivity index (χ0v) is 23.3. The third-order valence-electron chi connectivity index (χ3n) is 6.97. The van der Waals surface area contributed by atoms with E-state index in [-0.39, 0.29) is 5.56 Å². The van der Waals surface area contributed by atoms with Crippen LogP contribution < -0.4 is 15.1 Å². The number of imidazole rings is 1. The largest absolute Gasteiger partial charge is 0.368 e. The lowest BCUT2D eigenvalue weighted by atomic mass is 10.1. The van der Waals surface area contributed by atoms with Gasteiger partial charge in [0, 0.05) is 79.6 Å². The number of benzene rings is 2. The van der Waals surface area contributed by atoms with E-state index in [4.69, 9.17) is 11.6 Å². The molecule has 0 saturated carbocycles. The Morgan fingerprint density at radius 3 is 2.05 bits per heavy atom. The van der Waals surface area contributed by atoms with Crippen LogP contribution in [0, 0.1) is 6.92 Å². The predicted octanol–water partition coefficient (Wildman–Crippen LogP) is 6.23. The van der Waals surface area contributed by atoms with Gasteiger partial charge in [-0.15, -0.1) is 0 Å². The Labute approximate surface area is 233 Å². The zero-order valence-electron chi connectivity index (χ0n) is 22.5. The molecule has 4 aromatic rings. The molecule has 3 heterocycles. The standard InChI is InChI=1S/C20H23F2N3O.C10H11ClN2/c1-20(21,22)17-4-8-19(9-5-17)25-12-10-24(11-13-25)18-6-2-16(3-7-18)14-23-15-26;1-3-9-7(2)13-5-4-8(11)6-10(13)12-9/h2-9,15H,10-14H2,1H3,(H,23,26);4-6H,3H2,1-2H3. The van der Waals surface area contributed by atoms with Crippen LogP contribution in [0.25, 0.3) is 5.65 Å². The van der Waals surface area contributed by atoms with Crippen LogP contribution in [0.3, 0.4) is 0 Å². The number of halogens is 3. The predicted molar refractivity (Wildman–Crippen MR) is 154 cm³/mol. The van der Waals surface area contributed by atoms with Crippen LogP contribution in [0.4, 0.5) is 20.2 Å². The van der Waals surface area contributed by atoms with Crippen molar-refractivity contribution in [3.8, 4) is 0 Å². The van der Waals surface area contributed by atoms with Crippen molar-refractivity contribution < 1.29 is 13.6 Å². The molecule has 1 amide bonds. The van der Waals surface area contributed by atoms with Gasteiger partial charge in [-0.3, -0.25) is 4.79 Å². The van der Waals surface area contributed by atoms with Crippen LogP contribution >= 0.6 is 11.6 Å². The first-order valence-electron chi connectivity index (χ1n) is 13.1. The molecular formula is C30H34ClF2N5O. The van der Waals surface area contributed by atoms with Crippen molar-refractivity contribution in [3.63, 3.8) is 0 Å². The van der Waals surface area contributed by atoms with Crippen molar-refractivity contribution in [3.05, 3.63) is 94.4 Å². The Hall–Kier alpha value is -3.65. The summed E-state index contributed by atoms with van der Waals surface area (Å²) >= 11 is 5.87. The van der Waals surface area contributed by atoms with E-state index in [1.165, 1.54) is 17.8 Å². The maximum atomic E-state index is 13.3. The van der Waals surface area contributed by atoms with Crippen LogP contribution in [-0.4, -0.2) is 42.0 Å². The number of aryl methyl sites for hydroxylation is 2. The Morgan fingerprint density at radius 2 is 1.54 bits per heavy atom. The molecule has 1 aliphatic rings. The molecule has 0 atom stereocenters. The average Bonchev–Trinajstić information content (AvgIpc) is 3.26. The molecule has 39 heavy (non-hydrogen) atoms. The first kappa shape index (κ1) is 28.4. The van der Waals surface area contributed by atoms with E-state index in [1.807, 2.05) is 30.5 Å². The molecule has 9 heteroatoms. The lowest BCUT2D eigenvalue weighted by Gasteiger charge is -2.37. The highest BCUT2D eigenvalue weighted by Crippen LogP contribution is 2.29. The van der Waals surface area contributed by atoms with E-state index in [2.05, 4.69) is 50.5 Å². The third kappa shape index (κ3) is 7.06. The van der Waals surface area contributed by atoms with E-state index in [9.17, 15) is 13.6 Å². The molecule has 1 aliphatic heterocycles. The van der Waals surface area contributed by atoms with Crippen molar-refractivity contribution in [1.82, 2.24) is 14.7 Å². The van der Waals surface area contributed by atoms with Crippen molar-refractivity contribution in [2.24, 2.45) is 0 Å². The van der Waals surface area contributed by atoms with Crippen molar-refractivity contribution in [2.75, 3.05) is 36.0 Å². The Kier molecular flexibility index (Phi) is 9.07. The highest BCUT2D eigenvalue weighted by Gasteiger charge is 2.24. The number of piperazine rings is 1. The fourth-order valence-corrected chi connectivity index (χ4v) is 4.85. The number of rotatable bonds is 7. The van der Waals surface area contributed by atoms with Crippen LogP contribution in [-0.2, 0) is 23.7 Å². The van der Waals surface area contributed by atoms with E-state index in [0.717, 1.165) is 72.8 Å². The SMILES string of the molecule is CC(F)(F)c1ccc(N2CCN(c3ccc(CNC=O)cc3)CC2)cc1.CCc1nc2cc(Cl)ccn2c1C. The minimum Gasteiger partial charge on any atom is -0.368 e. The van der Waals surface area contributed by atoms with Gasteiger partial charge >= 0.3 is 0 Å². The molecule has 0 spiro atoms. The van der Waals surface area contributed by atoms with Gasteiger partial charge in [-0.1, -0.05) is 42.8 Å². The molecule has 2 aromatic heterocycles. The summed E-state index contributed by atoms with van der Waals surface area (Å²) in [6.45, 7) is 9.07. The summed E-state index contributed by atoms with van der Waals surface area (Å²) < 4.78 is 28.7. The molecule has 2 aromatic carbocycles. The maximum absolute atomic E-state index is 13.3. The van der Waals surface area contributed by atoms with Gasteiger partial charge in [-0.25, -0.2) is 13.8 Å². The second-order valence-electron chi connectivity index (χ2n) is 9.65. The molecule has 0 unspecified atom stereocenters. The molecule has 206 valence electrons. The van der Waals surface area contributed by atoms with Crippen molar-refractivity contribution in [1.29, 1.82) is 0 Å². The van der Waals surface area contributed by atoms with Gasteiger partial charge in [0.1, 0.15) is 5.65 Å². The number of carbonyl (C=O) groups is 1. The molecule has 1 N–H and O–H groups in total. The number of aromatic nitrogens is 2. The van der Waals surface area contributed by atoms with Crippen LogP contribution in [0.1, 0.15) is 36.4 Å². The summed E-state index contributed by atoms with van der Waals surface area (Å²) in [7, 11) is 0. The van der Waals surface area contributed by atoms with Crippen molar-refractivity contribution >= 4 is 35.0 Å². The first-order chi connectivity index (χ1) is 18.7. The molecule has 5 rings (SSSR count). The second-order valence-corrected chi connectivity index (χ2v) is 10.1. The van der Waals surface area contributed by atoms with Crippen molar-refractivity contribution in [2.45, 2.75) is 39.7 Å². The van der Waals surface area contributed by atoms with E-state index < -0.39 is 5.92 Å². The van der Waals surface area contributed by atoms with Gasteiger partial charge in [0.05, 0.1) is 5.69 Å². The Morgan fingerprint density at radius 1 is 0.974 bits per heavy atom. The summed E-state index contributed by atoms with van der Waals surface area (Å²) in [6, 6.07) is 18.5. The number of carbonyl (C=O) groups excluding carboxylic acids is 1. The number of amides is 1. The van der Waals surface area contributed by atoms with Crippen LogP contribution in [0.15, 0.2) is 66.9 Å². The van der Waals surface area contributed by atoms with Gasteiger partial charge in [0.15, 0.2) is 0 Å². The van der Waals surface area contributed by atoms with Gasteiger partial charge in [0.25, 0.3) is 5.92 Å². The van der Waals surface area contributed by atoms with Crippen LogP contribution in [0.2, 0.25) is 5.02 Å².